The Morgan fingerprint density at radius 2 is 1.41 bits per heavy atom. The van der Waals surface area contributed by atoms with Crippen LogP contribution in [0, 0.1) is 0 Å². The molecule has 22 heavy (non-hydrogen) atoms. The summed E-state index contributed by atoms with van der Waals surface area (Å²) in [5.41, 5.74) is 5.68. The Morgan fingerprint density at radius 3 is 2.14 bits per heavy atom. The van der Waals surface area contributed by atoms with Crippen molar-refractivity contribution in [3.05, 3.63) is 58.1 Å². The van der Waals surface area contributed by atoms with Crippen LogP contribution >= 0.6 is 59.6 Å². The molecule has 3 rings (SSSR count). The Bertz CT molecular complexity index is 722. The zero-order valence-corrected chi connectivity index (χ0v) is 17.5. The van der Waals surface area contributed by atoms with E-state index in [2.05, 4.69) is 90.3 Å². The van der Waals surface area contributed by atoms with Crippen LogP contribution in [-0.2, 0) is 0 Å². The molecule has 0 bridgehead atoms. The molecule has 0 unspecified atom stereocenters. The molecular formula is C18H15Br3S. The second-order valence-electron chi connectivity index (χ2n) is 5.07. The highest BCUT2D eigenvalue weighted by molar-refractivity contribution is 9.10. The molecule has 0 N–H and O–H groups in total. The van der Waals surface area contributed by atoms with Crippen molar-refractivity contribution in [3.8, 4) is 0 Å². The van der Waals surface area contributed by atoms with Crippen LogP contribution in [0.25, 0.3) is 11.1 Å². The minimum Gasteiger partial charge on any atom is -0.0924 e. The largest absolute Gasteiger partial charge is 0.0924 e. The smallest absolute Gasteiger partial charge is 0.0198 e. The molecule has 0 radical (unpaired) electrons. The minimum atomic E-state index is 0.979. The molecule has 0 amide bonds. The van der Waals surface area contributed by atoms with Gasteiger partial charge >= 0.3 is 0 Å². The molecule has 0 spiro atoms. The first-order valence-electron chi connectivity index (χ1n) is 7.15. The van der Waals surface area contributed by atoms with Gasteiger partial charge in [0.15, 0.2) is 0 Å². The van der Waals surface area contributed by atoms with E-state index in [0.29, 0.717) is 0 Å². The number of allylic oxidation sites excluding steroid dienone is 2. The molecule has 0 atom stereocenters. The number of rotatable bonds is 4. The lowest BCUT2D eigenvalue weighted by molar-refractivity contribution is 1.19. The SMILES string of the molecule is BrCCC1=C(CCBr)c2cc(Br)ccc2Sc2ccccc21. The standard InChI is InChI=1S/C18H15Br3S/c19-9-7-13-14(8-10-20)16-11-12(21)5-6-18(16)22-17-4-2-1-3-15(13)17/h1-6,11H,7-10H2. The van der Waals surface area contributed by atoms with Crippen molar-refractivity contribution < 1.29 is 0 Å². The number of halogens is 3. The van der Waals surface area contributed by atoms with Gasteiger partial charge in [0, 0.05) is 24.9 Å². The molecule has 1 heterocycles. The molecular weight excluding hydrogens is 488 g/mol. The highest BCUT2D eigenvalue weighted by Gasteiger charge is 2.21. The fraction of sp³-hybridized carbons (Fsp3) is 0.222. The third-order valence-electron chi connectivity index (χ3n) is 3.75. The van der Waals surface area contributed by atoms with Crippen LogP contribution in [0.5, 0.6) is 0 Å². The van der Waals surface area contributed by atoms with Crippen molar-refractivity contribution in [2.75, 3.05) is 10.7 Å². The van der Waals surface area contributed by atoms with Gasteiger partial charge < -0.3 is 0 Å². The van der Waals surface area contributed by atoms with Crippen LogP contribution < -0.4 is 0 Å². The van der Waals surface area contributed by atoms with Gasteiger partial charge in [-0.2, -0.15) is 0 Å². The molecule has 4 heteroatoms. The average molecular weight is 503 g/mol. The first kappa shape index (κ1) is 16.8. The van der Waals surface area contributed by atoms with Crippen molar-refractivity contribution in [3.63, 3.8) is 0 Å². The summed E-state index contributed by atoms with van der Waals surface area (Å²) in [7, 11) is 0. The zero-order chi connectivity index (χ0) is 15.5. The third kappa shape index (κ3) is 3.40. The topological polar surface area (TPSA) is 0 Å². The van der Waals surface area contributed by atoms with Gasteiger partial charge in [0.25, 0.3) is 0 Å². The highest BCUT2D eigenvalue weighted by atomic mass is 79.9. The molecule has 1 aliphatic rings. The minimum absolute atomic E-state index is 0.979. The summed E-state index contributed by atoms with van der Waals surface area (Å²) in [6.07, 6.45) is 2.09. The van der Waals surface area contributed by atoms with Crippen LogP contribution in [0.2, 0.25) is 0 Å². The van der Waals surface area contributed by atoms with E-state index in [0.717, 1.165) is 28.0 Å². The first-order chi connectivity index (χ1) is 10.7. The fourth-order valence-electron chi connectivity index (χ4n) is 2.84. The molecule has 0 saturated carbocycles. The molecule has 2 aromatic rings. The predicted octanol–water partition coefficient (Wildman–Crippen LogP) is 7.39. The molecule has 114 valence electrons. The molecule has 2 aromatic carbocycles. The number of alkyl halides is 2. The summed E-state index contributed by atoms with van der Waals surface area (Å²) in [5, 5.41) is 1.96. The van der Waals surface area contributed by atoms with Gasteiger partial charge in [0.1, 0.15) is 0 Å². The molecule has 0 saturated heterocycles. The van der Waals surface area contributed by atoms with Gasteiger partial charge in [-0.3, -0.25) is 0 Å². The van der Waals surface area contributed by atoms with E-state index in [1.165, 1.54) is 32.1 Å². The van der Waals surface area contributed by atoms with Gasteiger partial charge in [-0.25, -0.2) is 0 Å². The van der Waals surface area contributed by atoms with Crippen molar-refractivity contribution in [2.45, 2.75) is 22.6 Å². The Hall–Kier alpha value is -0.0300. The maximum absolute atomic E-state index is 3.64. The Labute approximate surface area is 161 Å². The van der Waals surface area contributed by atoms with E-state index in [4.69, 9.17) is 0 Å². The van der Waals surface area contributed by atoms with Gasteiger partial charge in [-0.15, -0.1) is 0 Å². The first-order valence-corrected chi connectivity index (χ1v) is 11.0. The molecule has 1 aliphatic heterocycles. The number of benzene rings is 2. The summed E-state index contributed by atoms with van der Waals surface area (Å²) >= 11 is 12.8. The normalized spacial score (nSPS) is 13.6. The number of fused-ring (bicyclic) bond motifs is 2. The van der Waals surface area contributed by atoms with Gasteiger partial charge in [0.2, 0.25) is 0 Å². The lowest BCUT2D eigenvalue weighted by atomic mass is 9.91. The molecule has 0 fully saturated rings. The van der Waals surface area contributed by atoms with Gasteiger partial charge in [-0.1, -0.05) is 77.8 Å². The van der Waals surface area contributed by atoms with Crippen LogP contribution in [0.3, 0.4) is 0 Å². The van der Waals surface area contributed by atoms with Crippen LogP contribution in [0.15, 0.2) is 56.7 Å². The van der Waals surface area contributed by atoms with Crippen molar-refractivity contribution >= 4 is 70.7 Å². The van der Waals surface area contributed by atoms with E-state index in [1.54, 1.807) is 0 Å². The number of hydrogen-bond acceptors (Lipinski definition) is 1. The average Bonchev–Trinajstić information content (AvgIpc) is 2.64. The summed E-state index contributed by atoms with van der Waals surface area (Å²) in [6.45, 7) is 0. The predicted molar refractivity (Wildman–Crippen MR) is 108 cm³/mol. The maximum atomic E-state index is 3.64. The fourth-order valence-corrected chi connectivity index (χ4v) is 5.10. The summed E-state index contributed by atoms with van der Waals surface area (Å²) in [4.78, 5) is 2.70. The maximum Gasteiger partial charge on any atom is 0.0198 e. The van der Waals surface area contributed by atoms with Gasteiger partial charge in [0.05, 0.1) is 0 Å². The molecule has 0 nitrogen and oxygen atoms in total. The summed E-state index contributed by atoms with van der Waals surface area (Å²) in [5.74, 6) is 0. The van der Waals surface area contributed by atoms with Crippen LogP contribution in [-0.4, -0.2) is 10.7 Å². The lowest BCUT2D eigenvalue weighted by Gasteiger charge is -2.15. The van der Waals surface area contributed by atoms with Gasteiger partial charge in [-0.05, 0) is 59.4 Å². The van der Waals surface area contributed by atoms with E-state index in [1.807, 2.05) is 11.8 Å². The lowest BCUT2D eigenvalue weighted by Crippen LogP contribution is -1.95. The van der Waals surface area contributed by atoms with E-state index >= 15 is 0 Å². The van der Waals surface area contributed by atoms with Crippen LogP contribution in [0.1, 0.15) is 24.0 Å². The Morgan fingerprint density at radius 1 is 0.773 bits per heavy atom. The van der Waals surface area contributed by atoms with E-state index in [9.17, 15) is 0 Å². The Balaban J connectivity index is 2.30. The monoisotopic (exact) mass is 500 g/mol. The van der Waals surface area contributed by atoms with Crippen molar-refractivity contribution in [1.29, 1.82) is 0 Å². The zero-order valence-electron chi connectivity index (χ0n) is 11.9. The highest BCUT2D eigenvalue weighted by Crippen LogP contribution is 2.46. The van der Waals surface area contributed by atoms with Crippen LogP contribution in [0.4, 0.5) is 0 Å². The molecule has 0 aliphatic carbocycles. The van der Waals surface area contributed by atoms with Crippen molar-refractivity contribution in [1.82, 2.24) is 0 Å². The third-order valence-corrected chi connectivity index (χ3v) is 6.19. The van der Waals surface area contributed by atoms with E-state index < -0.39 is 0 Å². The second kappa shape index (κ2) is 7.69. The summed E-state index contributed by atoms with van der Waals surface area (Å²) < 4.78 is 1.14. The summed E-state index contributed by atoms with van der Waals surface area (Å²) in [6, 6.07) is 15.4. The quantitative estimate of drug-likeness (QED) is 0.392. The Kier molecular flexibility index (Phi) is 5.88. The second-order valence-corrected chi connectivity index (χ2v) is 8.66. The number of hydrogen-bond donors (Lipinski definition) is 0. The molecule has 0 aromatic heterocycles. The van der Waals surface area contributed by atoms with Crippen molar-refractivity contribution in [2.24, 2.45) is 0 Å². The van der Waals surface area contributed by atoms with E-state index in [-0.39, 0.29) is 0 Å².